The molecule has 0 saturated carbocycles. The summed E-state index contributed by atoms with van der Waals surface area (Å²) in [6.45, 7) is 5.63. The van der Waals surface area contributed by atoms with E-state index >= 15 is 0 Å². The molecule has 0 radical (unpaired) electrons. The average molecular weight is 313 g/mol. The zero-order valence-electron chi connectivity index (χ0n) is 11.1. The summed E-state index contributed by atoms with van der Waals surface area (Å²) in [5.41, 5.74) is 1.11. The van der Waals surface area contributed by atoms with Crippen LogP contribution in [0, 0.1) is 0 Å². The minimum atomic E-state index is 0.652. The highest BCUT2D eigenvalue weighted by Crippen LogP contribution is 2.18. The van der Waals surface area contributed by atoms with Crippen LogP contribution in [0.2, 0.25) is 0 Å². The maximum absolute atomic E-state index is 4.41. The Morgan fingerprint density at radius 1 is 1.44 bits per heavy atom. The van der Waals surface area contributed by atoms with Crippen molar-refractivity contribution in [3.05, 3.63) is 18.0 Å². The van der Waals surface area contributed by atoms with Crippen molar-refractivity contribution in [2.24, 2.45) is 0 Å². The number of nitrogens with zero attached hydrogens (tertiary/aromatic N) is 4. The number of hydrogen-bond acceptors (Lipinski definition) is 4. The first kappa shape index (κ1) is 13.7. The Kier molecular flexibility index (Phi) is 4.95. The molecule has 0 spiro atoms. The minimum absolute atomic E-state index is 0.652. The molecule has 2 heterocycles. The Hall–Kier alpha value is -0.680. The van der Waals surface area contributed by atoms with E-state index in [4.69, 9.17) is 0 Å². The van der Waals surface area contributed by atoms with Gasteiger partial charge in [-0.2, -0.15) is 0 Å². The van der Waals surface area contributed by atoms with Crippen LogP contribution < -0.4 is 4.90 Å². The van der Waals surface area contributed by atoms with Crippen molar-refractivity contribution < 1.29 is 0 Å². The summed E-state index contributed by atoms with van der Waals surface area (Å²) in [5, 5.41) is 0.809. The highest BCUT2D eigenvalue weighted by Gasteiger charge is 2.24. The molecule has 1 aromatic rings. The van der Waals surface area contributed by atoms with Gasteiger partial charge in [-0.15, -0.1) is 0 Å². The lowest BCUT2D eigenvalue weighted by Crippen LogP contribution is -2.39. The molecule has 4 nitrogen and oxygen atoms in total. The molecule has 0 amide bonds. The Bertz CT molecular complexity index is 368. The molecule has 0 N–H and O–H groups in total. The predicted octanol–water partition coefficient (Wildman–Crippen LogP) is 2.29. The lowest BCUT2D eigenvalue weighted by atomic mass is 10.2. The topological polar surface area (TPSA) is 32.3 Å². The Labute approximate surface area is 118 Å². The molecule has 0 bridgehead atoms. The molecule has 1 fully saturated rings. The number of aromatic nitrogens is 2. The smallest absolute Gasteiger partial charge is 0.225 e. The van der Waals surface area contributed by atoms with Crippen LogP contribution >= 0.6 is 15.9 Å². The summed E-state index contributed by atoms with van der Waals surface area (Å²) in [4.78, 5) is 13.5. The number of rotatable bonds is 5. The zero-order chi connectivity index (χ0) is 13.0. The third-order valence-corrected chi connectivity index (χ3v) is 4.22. The highest BCUT2D eigenvalue weighted by atomic mass is 79.9. The maximum atomic E-state index is 4.41. The summed E-state index contributed by atoms with van der Waals surface area (Å²) in [7, 11) is 2.08. The number of hydrogen-bond donors (Lipinski definition) is 0. The van der Waals surface area contributed by atoms with E-state index in [-0.39, 0.29) is 0 Å². The van der Waals surface area contributed by atoms with E-state index in [1.54, 1.807) is 0 Å². The highest BCUT2D eigenvalue weighted by molar-refractivity contribution is 9.08. The molecule has 1 atom stereocenters. The predicted molar refractivity (Wildman–Crippen MR) is 78.2 cm³/mol. The Balaban J connectivity index is 1.95. The third kappa shape index (κ3) is 3.20. The minimum Gasteiger partial charge on any atom is -0.342 e. The van der Waals surface area contributed by atoms with Crippen molar-refractivity contribution in [2.45, 2.75) is 31.1 Å². The second-order valence-corrected chi connectivity index (χ2v) is 5.39. The number of anilines is 1. The normalized spacial score (nSPS) is 20.3. The fourth-order valence-corrected chi connectivity index (χ4v) is 2.82. The molecule has 5 heteroatoms. The van der Waals surface area contributed by atoms with E-state index in [0.29, 0.717) is 6.04 Å². The van der Waals surface area contributed by atoms with Gasteiger partial charge in [0.05, 0.1) is 0 Å². The van der Waals surface area contributed by atoms with E-state index < -0.39 is 0 Å². The number of halogens is 1. The van der Waals surface area contributed by atoms with E-state index in [0.717, 1.165) is 29.9 Å². The molecule has 1 aromatic heterocycles. The first-order valence-corrected chi connectivity index (χ1v) is 7.68. The number of alkyl halides is 1. The standard InChI is InChI=1S/C13H21BrN4/c1-3-18-6-4-5-12(18)10-17(2)13-15-8-11(7-14)9-16-13/h8-9,12H,3-7,10H2,1-2H3. The van der Waals surface area contributed by atoms with Gasteiger partial charge < -0.3 is 4.90 Å². The summed E-state index contributed by atoms with van der Waals surface area (Å²) < 4.78 is 0. The molecule has 2 rings (SSSR count). The SMILES string of the molecule is CCN1CCCC1CN(C)c1ncc(CBr)cn1. The van der Waals surface area contributed by atoms with E-state index in [1.165, 1.54) is 19.4 Å². The number of likely N-dealkylation sites (tertiary alicyclic amines) is 1. The van der Waals surface area contributed by atoms with Gasteiger partial charge in [-0.05, 0) is 31.5 Å². The summed E-state index contributed by atoms with van der Waals surface area (Å²) in [6, 6.07) is 0.652. The molecular formula is C13H21BrN4. The van der Waals surface area contributed by atoms with Gasteiger partial charge in [-0.3, -0.25) is 4.90 Å². The second-order valence-electron chi connectivity index (χ2n) is 4.83. The second kappa shape index (κ2) is 6.48. The van der Waals surface area contributed by atoms with Crippen LogP contribution in [0.15, 0.2) is 12.4 Å². The van der Waals surface area contributed by atoms with E-state index in [1.807, 2.05) is 12.4 Å². The van der Waals surface area contributed by atoms with Gasteiger partial charge in [0, 0.05) is 37.4 Å². The molecule has 100 valence electrons. The van der Waals surface area contributed by atoms with Crippen LogP contribution in [0.5, 0.6) is 0 Å². The number of likely N-dealkylation sites (N-methyl/N-ethyl adjacent to an activating group) is 2. The first-order chi connectivity index (χ1) is 8.74. The summed E-state index contributed by atoms with van der Waals surface area (Å²) >= 11 is 3.41. The van der Waals surface area contributed by atoms with Gasteiger partial charge in [-0.1, -0.05) is 22.9 Å². The molecule has 1 saturated heterocycles. The van der Waals surface area contributed by atoms with Gasteiger partial charge in [0.25, 0.3) is 0 Å². The fraction of sp³-hybridized carbons (Fsp3) is 0.692. The third-order valence-electron chi connectivity index (χ3n) is 3.58. The van der Waals surface area contributed by atoms with Crippen LogP contribution in [0.4, 0.5) is 5.95 Å². The molecule has 18 heavy (non-hydrogen) atoms. The lowest BCUT2D eigenvalue weighted by Gasteiger charge is -2.27. The van der Waals surface area contributed by atoms with Crippen LogP contribution in [0.25, 0.3) is 0 Å². The summed E-state index contributed by atoms with van der Waals surface area (Å²) in [5.74, 6) is 0.822. The van der Waals surface area contributed by atoms with Crippen molar-refractivity contribution in [3.8, 4) is 0 Å². The van der Waals surface area contributed by atoms with Crippen LogP contribution in [0.3, 0.4) is 0 Å². The zero-order valence-corrected chi connectivity index (χ0v) is 12.7. The van der Waals surface area contributed by atoms with Crippen molar-refractivity contribution in [1.29, 1.82) is 0 Å². The quantitative estimate of drug-likeness (QED) is 0.781. The van der Waals surface area contributed by atoms with Gasteiger partial charge in [0.1, 0.15) is 0 Å². The van der Waals surface area contributed by atoms with Gasteiger partial charge in [0.15, 0.2) is 0 Å². The summed E-state index contributed by atoms with van der Waals surface area (Å²) in [6.07, 6.45) is 6.38. The van der Waals surface area contributed by atoms with Crippen LogP contribution in [-0.2, 0) is 5.33 Å². The largest absolute Gasteiger partial charge is 0.342 e. The molecular weight excluding hydrogens is 292 g/mol. The van der Waals surface area contributed by atoms with Gasteiger partial charge in [0.2, 0.25) is 5.95 Å². The van der Waals surface area contributed by atoms with Crippen molar-refractivity contribution in [2.75, 3.05) is 31.6 Å². The van der Waals surface area contributed by atoms with Gasteiger partial charge >= 0.3 is 0 Å². The Morgan fingerprint density at radius 3 is 2.78 bits per heavy atom. The van der Waals surface area contributed by atoms with Crippen LogP contribution in [0.1, 0.15) is 25.3 Å². The van der Waals surface area contributed by atoms with Crippen LogP contribution in [-0.4, -0.2) is 47.6 Å². The first-order valence-electron chi connectivity index (χ1n) is 6.56. The lowest BCUT2D eigenvalue weighted by molar-refractivity contribution is 0.270. The van der Waals surface area contributed by atoms with E-state index in [9.17, 15) is 0 Å². The molecule has 1 aliphatic rings. The molecule has 1 unspecified atom stereocenters. The van der Waals surface area contributed by atoms with Crippen molar-refractivity contribution >= 4 is 21.9 Å². The molecule has 0 aliphatic carbocycles. The van der Waals surface area contributed by atoms with E-state index in [2.05, 4.69) is 49.7 Å². The van der Waals surface area contributed by atoms with Gasteiger partial charge in [-0.25, -0.2) is 9.97 Å². The van der Waals surface area contributed by atoms with Crippen molar-refractivity contribution in [1.82, 2.24) is 14.9 Å². The maximum Gasteiger partial charge on any atom is 0.225 e. The fourth-order valence-electron chi connectivity index (χ4n) is 2.53. The molecule has 1 aliphatic heterocycles. The monoisotopic (exact) mass is 312 g/mol. The van der Waals surface area contributed by atoms with Crippen molar-refractivity contribution in [3.63, 3.8) is 0 Å². The average Bonchev–Trinajstić information content (AvgIpc) is 2.86. The Morgan fingerprint density at radius 2 is 2.17 bits per heavy atom. The molecule has 0 aromatic carbocycles.